The molecule has 3 N–H and O–H groups in total. The van der Waals surface area contributed by atoms with Gasteiger partial charge < -0.3 is 11.1 Å². The van der Waals surface area contributed by atoms with Crippen LogP contribution in [0.5, 0.6) is 0 Å². The van der Waals surface area contributed by atoms with E-state index in [2.05, 4.69) is 57.3 Å². The second-order valence-electron chi connectivity index (χ2n) is 4.97. The molecule has 0 heterocycles. The quantitative estimate of drug-likeness (QED) is 0.799. The van der Waals surface area contributed by atoms with Crippen molar-refractivity contribution in [1.82, 2.24) is 0 Å². The van der Waals surface area contributed by atoms with Gasteiger partial charge in [-0.2, -0.15) is 0 Å². The van der Waals surface area contributed by atoms with E-state index >= 15 is 0 Å². The van der Waals surface area contributed by atoms with E-state index in [0.29, 0.717) is 24.4 Å². The number of rotatable bonds is 5. The maximum atomic E-state index is 5.79. The van der Waals surface area contributed by atoms with Gasteiger partial charge in [0.15, 0.2) is 0 Å². The summed E-state index contributed by atoms with van der Waals surface area (Å²) in [5.74, 6) is 1.08. The molecule has 0 radical (unpaired) electrons. The molecule has 0 fully saturated rings. The van der Waals surface area contributed by atoms with Gasteiger partial charge in [0.25, 0.3) is 0 Å². The highest BCUT2D eigenvalue weighted by molar-refractivity contribution is 5.53. The number of anilines is 1. The first-order valence-electron chi connectivity index (χ1n) is 6.11. The Labute approximate surface area is 99.2 Å². The van der Waals surface area contributed by atoms with Gasteiger partial charge >= 0.3 is 0 Å². The van der Waals surface area contributed by atoms with Gasteiger partial charge in [0, 0.05) is 18.3 Å². The van der Waals surface area contributed by atoms with Crippen LogP contribution in [0, 0.1) is 5.92 Å². The molecule has 1 atom stereocenters. The minimum atomic E-state index is 0.347. The van der Waals surface area contributed by atoms with Gasteiger partial charge in [-0.15, -0.1) is 0 Å². The lowest BCUT2D eigenvalue weighted by molar-refractivity contribution is 0.531. The Morgan fingerprint density at radius 1 is 1.12 bits per heavy atom. The van der Waals surface area contributed by atoms with Crippen molar-refractivity contribution in [2.24, 2.45) is 11.7 Å². The SMILES string of the molecule is CC(C)c1ccccc1NC(CN)C(C)C. The first-order valence-corrected chi connectivity index (χ1v) is 6.11. The molecule has 0 saturated carbocycles. The maximum Gasteiger partial charge on any atom is 0.0406 e. The Hall–Kier alpha value is -1.02. The zero-order chi connectivity index (χ0) is 12.1. The predicted molar refractivity (Wildman–Crippen MR) is 71.8 cm³/mol. The summed E-state index contributed by atoms with van der Waals surface area (Å²) in [6.07, 6.45) is 0. The third kappa shape index (κ3) is 3.24. The second-order valence-corrected chi connectivity index (χ2v) is 4.97. The molecule has 16 heavy (non-hydrogen) atoms. The number of nitrogens with one attached hydrogen (secondary N) is 1. The van der Waals surface area contributed by atoms with Crippen LogP contribution < -0.4 is 11.1 Å². The summed E-state index contributed by atoms with van der Waals surface area (Å²) in [6, 6.07) is 8.83. The van der Waals surface area contributed by atoms with E-state index in [1.165, 1.54) is 11.3 Å². The van der Waals surface area contributed by atoms with E-state index in [0.717, 1.165) is 0 Å². The monoisotopic (exact) mass is 220 g/mol. The summed E-state index contributed by atoms with van der Waals surface area (Å²) >= 11 is 0. The standard InChI is InChI=1S/C14H24N2/c1-10(2)12-7-5-6-8-13(12)16-14(9-15)11(3)4/h5-8,10-11,14,16H,9,15H2,1-4H3. The van der Waals surface area contributed by atoms with E-state index in [4.69, 9.17) is 5.73 Å². The van der Waals surface area contributed by atoms with Crippen molar-refractivity contribution in [3.05, 3.63) is 29.8 Å². The molecule has 0 aliphatic heterocycles. The summed E-state index contributed by atoms with van der Waals surface area (Å²) in [6.45, 7) is 9.50. The molecule has 1 aromatic rings. The van der Waals surface area contributed by atoms with Crippen LogP contribution in [0.2, 0.25) is 0 Å². The van der Waals surface area contributed by atoms with Crippen molar-refractivity contribution in [2.45, 2.75) is 39.7 Å². The highest BCUT2D eigenvalue weighted by atomic mass is 14.9. The summed E-state index contributed by atoms with van der Waals surface area (Å²) in [5.41, 5.74) is 8.37. The van der Waals surface area contributed by atoms with E-state index in [-0.39, 0.29) is 0 Å². The molecule has 2 heteroatoms. The molecular weight excluding hydrogens is 196 g/mol. The van der Waals surface area contributed by atoms with Crippen molar-refractivity contribution in [3.63, 3.8) is 0 Å². The Bertz CT molecular complexity index is 318. The molecular formula is C14H24N2. The molecule has 1 aromatic carbocycles. The highest BCUT2D eigenvalue weighted by Gasteiger charge is 2.13. The molecule has 0 spiro atoms. The fraction of sp³-hybridized carbons (Fsp3) is 0.571. The smallest absolute Gasteiger partial charge is 0.0406 e. The third-order valence-electron chi connectivity index (χ3n) is 2.98. The fourth-order valence-electron chi connectivity index (χ4n) is 1.83. The van der Waals surface area contributed by atoms with Crippen molar-refractivity contribution in [3.8, 4) is 0 Å². The summed E-state index contributed by atoms with van der Waals surface area (Å²) in [7, 11) is 0. The second kappa shape index (κ2) is 5.90. The first-order chi connectivity index (χ1) is 7.56. The lowest BCUT2D eigenvalue weighted by Crippen LogP contribution is -2.34. The van der Waals surface area contributed by atoms with E-state index in [1.807, 2.05) is 0 Å². The van der Waals surface area contributed by atoms with Crippen LogP contribution >= 0.6 is 0 Å². The Balaban J connectivity index is 2.87. The van der Waals surface area contributed by atoms with Crippen LogP contribution in [0.4, 0.5) is 5.69 Å². The molecule has 1 rings (SSSR count). The van der Waals surface area contributed by atoms with Gasteiger partial charge in [0.1, 0.15) is 0 Å². The minimum absolute atomic E-state index is 0.347. The van der Waals surface area contributed by atoms with Gasteiger partial charge in [-0.05, 0) is 23.5 Å². The molecule has 90 valence electrons. The van der Waals surface area contributed by atoms with Crippen molar-refractivity contribution in [1.29, 1.82) is 0 Å². The highest BCUT2D eigenvalue weighted by Crippen LogP contribution is 2.25. The van der Waals surface area contributed by atoms with E-state index in [9.17, 15) is 0 Å². The van der Waals surface area contributed by atoms with Gasteiger partial charge in [0.05, 0.1) is 0 Å². The van der Waals surface area contributed by atoms with Gasteiger partial charge in [0.2, 0.25) is 0 Å². The van der Waals surface area contributed by atoms with Crippen LogP contribution in [0.3, 0.4) is 0 Å². The molecule has 0 saturated heterocycles. The van der Waals surface area contributed by atoms with Crippen LogP contribution in [-0.2, 0) is 0 Å². The van der Waals surface area contributed by atoms with Crippen molar-refractivity contribution >= 4 is 5.69 Å². The third-order valence-corrected chi connectivity index (χ3v) is 2.98. The fourth-order valence-corrected chi connectivity index (χ4v) is 1.83. The molecule has 0 amide bonds. The normalized spacial score (nSPS) is 13.2. The average molecular weight is 220 g/mol. The molecule has 1 unspecified atom stereocenters. The molecule has 0 aliphatic carbocycles. The molecule has 0 bridgehead atoms. The summed E-state index contributed by atoms with van der Waals surface area (Å²) in [5, 5.41) is 3.55. The molecule has 2 nitrogen and oxygen atoms in total. The number of para-hydroxylation sites is 1. The number of benzene rings is 1. The van der Waals surface area contributed by atoms with Gasteiger partial charge in [-0.1, -0.05) is 45.9 Å². The van der Waals surface area contributed by atoms with Crippen LogP contribution in [-0.4, -0.2) is 12.6 Å². The number of hydrogen-bond donors (Lipinski definition) is 2. The van der Waals surface area contributed by atoms with E-state index < -0.39 is 0 Å². The summed E-state index contributed by atoms with van der Waals surface area (Å²) < 4.78 is 0. The van der Waals surface area contributed by atoms with Gasteiger partial charge in [-0.3, -0.25) is 0 Å². The van der Waals surface area contributed by atoms with Gasteiger partial charge in [-0.25, -0.2) is 0 Å². The average Bonchev–Trinajstić information content (AvgIpc) is 2.25. The van der Waals surface area contributed by atoms with Crippen molar-refractivity contribution < 1.29 is 0 Å². The molecule has 0 aliphatic rings. The lowest BCUT2D eigenvalue weighted by Gasteiger charge is -2.24. The Morgan fingerprint density at radius 2 is 1.75 bits per heavy atom. The molecule has 0 aromatic heterocycles. The Morgan fingerprint density at radius 3 is 2.25 bits per heavy atom. The number of nitrogens with two attached hydrogens (primary N) is 1. The topological polar surface area (TPSA) is 38.0 Å². The lowest BCUT2D eigenvalue weighted by atomic mass is 9.99. The largest absolute Gasteiger partial charge is 0.381 e. The van der Waals surface area contributed by atoms with E-state index in [1.54, 1.807) is 0 Å². The van der Waals surface area contributed by atoms with Crippen molar-refractivity contribution in [2.75, 3.05) is 11.9 Å². The zero-order valence-electron chi connectivity index (χ0n) is 10.8. The van der Waals surface area contributed by atoms with Crippen LogP contribution in [0.15, 0.2) is 24.3 Å². The Kier molecular flexibility index (Phi) is 4.81. The first kappa shape index (κ1) is 13.0. The minimum Gasteiger partial charge on any atom is -0.381 e. The van der Waals surface area contributed by atoms with Crippen LogP contribution in [0.1, 0.15) is 39.2 Å². The summed E-state index contributed by atoms with van der Waals surface area (Å²) in [4.78, 5) is 0. The predicted octanol–water partition coefficient (Wildman–Crippen LogP) is 3.21. The number of hydrogen-bond acceptors (Lipinski definition) is 2. The zero-order valence-corrected chi connectivity index (χ0v) is 10.8. The maximum absolute atomic E-state index is 5.79. The van der Waals surface area contributed by atoms with Crippen LogP contribution in [0.25, 0.3) is 0 Å².